The van der Waals surface area contributed by atoms with Crippen molar-refractivity contribution in [1.82, 2.24) is 19.9 Å². The van der Waals surface area contributed by atoms with Crippen LogP contribution in [0.25, 0.3) is 0 Å². The number of anilines is 3. The smallest absolute Gasteiger partial charge is 0.355 e. The fourth-order valence-corrected chi connectivity index (χ4v) is 3.91. The fraction of sp³-hybridized carbons (Fsp3) is 0.400. The summed E-state index contributed by atoms with van der Waals surface area (Å²) >= 11 is 0. The summed E-state index contributed by atoms with van der Waals surface area (Å²) in [4.78, 5) is 32.7. The van der Waals surface area contributed by atoms with Gasteiger partial charge in [-0.15, -0.1) is 0 Å². The minimum atomic E-state index is -4.45. The zero-order chi connectivity index (χ0) is 25.9. The van der Waals surface area contributed by atoms with Gasteiger partial charge >= 0.3 is 6.18 Å². The Kier molecular flexibility index (Phi) is 7.37. The average Bonchev–Trinajstić information content (AvgIpc) is 2.86. The van der Waals surface area contributed by atoms with E-state index in [9.17, 15) is 18.0 Å². The Bertz CT molecular complexity index is 1200. The normalized spacial score (nSPS) is 13.5. The highest BCUT2D eigenvalue weighted by atomic mass is 19.4. The van der Waals surface area contributed by atoms with Crippen molar-refractivity contribution >= 4 is 23.9 Å². The van der Waals surface area contributed by atoms with Crippen molar-refractivity contribution < 1.29 is 18.0 Å². The van der Waals surface area contributed by atoms with E-state index in [4.69, 9.17) is 4.98 Å². The second-order valence-corrected chi connectivity index (χ2v) is 9.01. The summed E-state index contributed by atoms with van der Waals surface area (Å²) in [6, 6.07) is 6.32. The number of aromatic nitrogens is 4. The molecule has 11 heteroatoms. The zero-order valence-corrected chi connectivity index (χ0v) is 20.4. The Hall–Kier alpha value is -3.76. The van der Waals surface area contributed by atoms with Crippen LogP contribution in [-0.2, 0) is 30.4 Å². The van der Waals surface area contributed by atoms with Crippen molar-refractivity contribution in [3.8, 4) is 0 Å². The number of carbonyl (C=O) groups excluding carboxylic acids is 1. The van der Waals surface area contributed by atoms with Crippen molar-refractivity contribution in [2.75, 3.05) is 28.7 Å². The van der Waals surface area contributed by atoms with Gasteiger partial charge in [0.05, 0.1) is 5.69 Å². The first-order valence-electron chi connectivity index (χ1n) is 11.7. The number of carbonyl (C=O) groups is 1. The van der Waals surface area contributed by atoms with E-state index in [1.54, 1.807) is 11.1 Å². The van der Waals surface area contributed by atoms with Gasteiger partial charge in [0.1, 0.15) is 11.4 Å². The van der Waals surface area contributed by atoms with Crippen LogP contribution in [0.3, 0.4) is 0 Å². The van der Waals surface area contributed by atoms with Crippen molar-refractivity contribution in [3.63, 3.8) is 0 Å². The van der Waals surface area contributed by atoms with E-state index in [2.05, 4.69) is 34.1 Å². The van der Waals surface area contributed by atoms with E-state index in [0.29, 0.717) is 36.8 Å². The Labute approximate surface area is 207 Å². The molecule has 0 atom stereocenters. The summed E-state index contributed by atoms with van der Waals surface area (Å²) in [6.45, 7) is 5.20. The van der Waals surface area contributed by atoms with Crippen LogP contribution >= 0.6 is 0 Å². The number of rotatable bonds is 8. The van der Waals surface area contributed by atoms with Gasteiger partial charge in [0.25, 0.3) is 0 Å². The highest BCUT2D eigenvalue weighted by Gasteiger charge is 2.32. The SMILES string of the molecule is CC(C)N(C)c1nc(NCc2ccc(Cc3ccc(C(F)(F)F)nc3)nc2)nc2c1N(C=O)CCC2. The van der Waals surface area contributed by atoms with Crippen LogP contribution in [0.5, 0.6) is 0 Å². The fourth-order valence-electron chi connectivity index (χ4n) is 3.91. The number of hydrogen-bond donors (Lipinski definition) is 1. The molecule has 1 aliphatic rings. The first kappa shape index (κ1) is 25.3. The highest BCUT2D eigenvalue weighted by molar-refractivity contribution is 5.85. The molecule has 190 valence electrons. The Morgan fingerprint density at radius 3 is 2.47 bits per heavy atom. The number of hydrogen-bond acceptors (Lipinski definition) is 7. The van der Waals surface area contributed by atoms with Gasteiger partial charge in [0.15, 0.2) is 5.82 Å². The minimum absolute atomic E-state index is 0.184. The zero-order valence-electron chi connectivity index (χ0n) is 20.4. The third-order valence-corrected chi connectivity index (χ3v) is 6.11. The van der Waals surface area contributed by atoms with Crippen molar-refractivity contribution in [2.24, 2.45) is 0 Å². The molecule has 36 heavy (non-hydrogen) atoms. The number of fused-ring (bicyclic) bond motifs is 1. The third-order valence-electron chi connectivity index (χ3n) is 6.11. The quantitative estimate of drug-likeness (QED) is 0.464. The monoisotopic (exact) mass is 499 g/mol. The molecular formula is C25H28F3N7O. The summed E-state index contributed by atoms with van der Waals surface area (Å²) < 4.78 is 38.1. The predicted octanol–water partition coefficient (Wildman–Crippen LogP) is 4.24. The second-order valence-electron chi connectivity index (χ2n) is 9.01. The van der Waals surface area contributed by atoms with Crippen LogP contribution in [0.1, 0.15) is 48.5 Å². The molecule has 0 saturated carbocycles. The van der Waals surface area contributed by atoms with Gasteiger partial charge in [-0.25, -0.2) is 4.98 Å². The van der Waals surface area contributed by atoms with Gasteiger partial charge < -0.3 is 15.1 Å². The van der Waals surface area contributed by atoms with E-state index in [0.717, 1.165) is 48.0 Å². The molecule has 0 aromatic carbocycles. The summed E-state index contributed by atoms with van der Waals surface area (Å²) in [5, 5.41) is 3.26. The van der Waals surface area contributed by atoms with Gasteiger partial charge in [-0.1, -0.05) is 12.1 Å². The maximum Gasteiger partial charge on any atom is 0.433 e. The van der Waals surface area contributed by atoms with Crippen LogP contribution in [0.4, 0.5) is 30.6 Å². The van der Waals surface area contributed by atoms with Crippen molar-refractivity contribution in [2.45, 2.75) is 51.9 Å². The minimum Gasteiger partial charge on any atom is -0.355 e. The molecule has 0 unspecified atom stereocenters. The van der Waals surface area contributed by atoms with Crippen LogP contribution < -0.4 is 15.1 Å². The summed E-state index contributed by atoms with van der Waals surface area (Å²) in [7, 11) is 1.95. The van der Waals surface area contributed by atoms with E-state index < -0.39 is 11.9 Å². The van der Waals surface area contributed by atoms with Crippen molar-refractivity contribution in [3.05, 3.63) is 64.9 Å². The molecular weight excluding hydrogens is 471 g/mol. The lowest BCUT2D eigenvalue weighted by atomic mass is 10.1. The number of amides is 1. The maximum atomic E-state index is 12.7. The molecule has 4 rings (SSSR count). The van der Waals surface area contributed by atoms with Gasteiger partial charge in [0.2, 0.25) is 12.4 Å². The Balaban J connectivity index is 1.45. The molecule has 0 saturated heterocycles. The highest BCUT2D eigenvalue weighted by Crippen LogP contribution is 2.35. The van der Waals surface area contributed by atoms with Gasteiger partial charge in [-0.05, 0) is 49.9 Å². The molecule has 0 bridgehead atoms. The molecule has 0 fully saturated rings. The molecule has 0 aliphatic carbocycles. The Morgan fingerprint density at radius 1 is 1.11 bits per heavy atom. The summed E-state index contributed by atoms with van der Waals surface area (Å²) in [6.07, 6.45) is 1.31. The van der Waals surface area contributed by atoms with E-state index in [-0.39, 0.29) is 6.04 Å². The molecule has 1 amide bonds. The number of alkyl halides is 3. The second kappa shape index (κ2) is 10.5. The van der Waals surface area contributed by atoms with E-state index in [1.807, 2.05) is 24.1 Å². The number of nitrogens with zero attached hydrogens (tertiary/aromatic N) is 6. The van der Waals surface area contributed by atoms with Crippen LogP contribution in [0.15, 0.2) is 36.7 Å². The lowest BCUT2D eigenvalue weighted by Gasteiger charge is -2.32. The lowest BCUT2D eigenvalue weighted by Crippen LogP contribution is -2.34. The van der Waals surface area contributed by atoms with Gasteiger partial charge in [-0.3, -0.25) is 14.8 Å². The van der Waals surface area contributed by atoms with Crippen molar-refractivity contribution in [1.29, 1.82) is 0 Å². The largest absolute Gasteiger partial charge is 0.433 e. The molecule has 0 spiro atoms. The topological polar surface area (TPSA) is 87.1 Å². The van der Waals surface area contributed by atoms with Crippen LogP contribution in [0, 0.1) is 0 Å². The molecule has 1 N–H and O–H groups in total. The van der Waals surface area contributed by atoms with E-state index >= 15 is 0 Å². The summed E-state index contributed by atoms with van der Waals surface area (Å²) in [5.74, 6) is 1.19. The predicted molar refractivity (Wildman–Crippen MR) is 131 cm³/mol. The van der Waals surface area contributed by atoms with Gasteiger partial charge in [-0.2, -0.15) is 18.2 Å². The first-order valence-corrected chi connectivity index (χ1v) is 11.7. The van der Waals surface area contributed by atoms with Crippen LogP contribution in [0.2, 0.25) is 0 Å². The first-order chi connectivity index (χ1) is 17.2. The van der Waals surface area contributed by atoms with Gasteiger partial charge in [0, 0.05) is 50.7 Å². The lowest BCUT2D eigenvalue weighted by molar-refractivity contribution is -0.141. The van der Waals surface area contributed by atoms with Crippen LogP contribution in [-0.4, -0.2) is 46.0 Å². The molecule has 4 heterocycles. The molecule has 1 aliphatic heterocycles. The number of halogens is 3. The number of aryl methyl sites for hydroxylation is 1. The maximum absolute atomic E-state index is 12.7. The third kappa shape index (κ3) is 5.72. The Morgan fingerprint density at radius 2 is 1.86 bits per heavy atom. The molecule has 3 aromatic heterocycles. The number of pyridine rings is 2. The average molecular weight is 500 g/mol. The van der Waals surface area contributed by atoms with E-state index in [1.165, 1.54) is 12.3 Å². The molecule has 3 aromatic rings. The number of nitrogens with one attached hydrogen (secondary N) is 1. The molecule has 8 nitrogen and oxygen atoms in total. The molecule has 0 radical (unpaired) electrons. The summed E-state index contributed by atoms with van der Waals surface area (Å²) in [5.41, 5.74) is 2.97. The standard InChI is InChI=1S/C25H28F3N7O/c1-16(2)34(3)23-22-20(5-4-10-35(22)15-36)32-24(33-23)31-14-18-6-8-19(29-13-18)11-17-7-9-21(30-12-17)25(26,27)28/h6-9,12-13,15-16H,4-5,10-11,14H2,1-3H3,(H,31,32,33).